The topological polar surface area (TPSA) is 70.2 Å². The zero-order chi connectivity index (χ0) is 10.3. The Morgan fingerprint density at radius 3 is 1.69 bits per heavy atom. The minimum atomic E-state index is -0.0833. The maximum absolute atomic E-state index is 9.33. The Morgan fingerprint density at radius 1 is 1.23 bits per heavy atom. The first-order valence-corrected chi connectivity index (χ1v) is 4.19. The maximum atomic E-state index is 9.33. The van der Waals surface area contributed by atoms with Gasteiger partial charge in [-0.15, -0.1) is 0 Å². The van der Waals surface area contributed by atoms with Crippen molar-refractivity contribution in [3.8, 4) is 0 Å². The quantitative estimate of drug-likeness (QED) is 0.518. The summed E-state index contributed by atoms with van der Waals surface area (Å²) in [7, 11) is 0. The van der Waals surface area contributed by atoms with E-state index in [-0.39, 0.29) is 6.03 Å². The van der Waals surface area contributed by atoms with Crippen LogP contribution in [0.4, 0.5) is 4.79 Å². The van der Waals surface area contributed by atoms with E-state index in [2.05, 4.69) is 24.0 Å². The summed E-state index contributed by atoms with van der Waals surface area (Å²) in [6.45, 7) is 11.4. The lowest BCUT2D eigenvalue weighted by atomic mass is 10.4. The number of amides is 2. The van der Waals surface area contributed by atoms with Crippen molar-refractivity contribution in [2.75, 3.05) is 0 Å². The van der Waals surface area contributed by atoms with Crippen LogP contribution >= 0.6 is 0 Å². The molecule has 0 atom stereocenters. The summed E-state index contributed by atoms with van der Waals surface area (Å²) >= 11 is 0. The minimum absolute atomic E-state index is 0.0833. The molecule has 1 rings (SSSR count). The monoisotopic (exact) mass is 184 g/mol. The molecule has 0 unspecified atom stereocenters. The number of ether oxygens (including phenoxy) is 1. The van der Waals surface area contributed by atoms with Crippen LogP contribution in [0, 0.1) is 0 Å². The standard InChI is InChI=1S/C8H14O.CH2N2O/c1-5-7(3)9-8(4)6-2;4-1-2-3-1/h3-6H2,1-2H3;(H2,2,3,4). The number of urea groups is 1. The third kappa shape index (κ3) is 8.46. The van der Waals surface area contributed by atoms with Gasteiger partial charge < -0.3 is 4.74 Å². The van der Waals surface area contributed by atoms with Crippen molar-refractivity contribution in [3.63, 3.8) is 0 Å². The number of rotatable bonds is 4. The van der Waals surface area contributed by atoms with E-state index >= 15 is 0 Å². The molecule has 0 aromatic heterocycles. The van der Waals surface area contributed by atoms with Gasteiger partial charge in [0.05, 0.1) is 11.5 Å². The van der Waals surface area contributed by atoms with Crippen LogP contribution in [0.15, 0.2) is 24.7 Å². The fraction of sp³-hybridized carbons (Fsp3) is 0.444. The highest BCUT2D eigenvalue weighted by Gasteiger charge is 2.08. The summed E-state index contributed by atoms with van der Waals surface area (Å²) in [5.74, 6) is 1.59. The predicted molar refractivity (Wildman–Crippen MR) is 51.6 cm³/mol. The predicted octanol–water partition coefficient (Wildman–Crippen LogP) is 2.06. The fourth-order valence-electron chi connectivity index (χ4n) is 0.374. The molecule has 4 heteroatoms. The van der Waals surface area contributed by atoms with Crippen LogP contribution in [-0.2, 0) is 4.74 Å². The third-order valence-corrected chi connectivity index (χ3v) is 1.30. The first-order valence-electron chi connectivity index (χ1n) is 4.19. The van der Waals surface area contributed by atoms with Crippen LogP contribution in [0.5, 0.6) is 0 Å². The van der Waals surface area contributed by atoms with Crippen molar-refractivity contribution < 1.29 is 9.53 Å². The molecule has 74 valence electrons. The molecule has 4 nitrogen and oxygen atoms in total. The Kier molecular flexibility index (Phi) is 5.43. The molecule has 1 fully saturated rings. The van der Waals surface area contributed by atoms with Crippen LogP contribution in [-0.4, -0.2) is 6.03 Å². The van der Waals surface area contributed by atoms with E-state index in [4.69, 9.17) is 4.74 Å². The zero-order valence-electron chi connectivity index (χ0n) is 8.14. The van der Waals surface area contributed by atoms with Crippen LogP contribution in [0.3, 0.4) is 0 Å². The second-order valence-electron chi connectivity index (χ2n) is 2.47. The summed E-state index contributed by atoms with van der Waals surface area (Å²) in [4.78, 5) is 9.33. The molecule has 1 heterocycles. The highest BCUT2D eigenvalue weighted by atomic mass is 16.5. The van der Waals surface area contributed by atoms with Gasteiger partial charge in [0.25, 0.3) is 0 Å². The van der Waals surface area contributed by atoms with E-state index in [0.29, 0.717) is 0 Å². The van der Waals surface area contributed by atoms with Gasteiger partial charge in [-0.1, -0.05) is 27.0 Å². The summed E-state index contributed by atoms with van der Waals surface area (Å²) in [5.41, 5.74) is 4.42. The van der Waals surface area contributed by atoms with Gasteiger partial charge in [0.2, 0.25) is 0 Å². The molecule has 1 aliphatic rings. The van der Waals surface area contributed by atoms with E-state index < -0.39 is 0 Å². The van der Waals surface area contributed by atoms with Gasteiger partial charge in [0.1, 0.15) is 0 Å². The lowest BCUT2D eigenvalue weighted by Gasteiger charge is -2.05. The Morgan fingerprint density at radius 2 is 1.54 bits per heavy atom. The molecule has 0 aromatic rings. The van der Waals surface area contributed by atoms with E-state index in [1.807, 2.05) is 13.8 Å². The first-order chi connectivity index (χ1) is 6.10. The van der Waals surface area contributed by atoms with Crippen molar-refractivity contribution >= 4 is 6.03 Å². The molecule has 2 amide bonds. The van der Waals surface area contributed by atoms with Gasteiger partial charge in [-0.3, -0.25) is 0 Å². The number of carbonyl (C=O) groups is 1. The van der Waals surface area contributed by atoms with Crippen molar-refractivity contribution in [1.82, 2.24) is 10.9 Å². The molecule has 2 N–H and O–H groups in total. The molecule has 1 aliphatic heterocycles. The van der Waals surface area contributed by atoms with E-state index in [1.165, 1.54) is 0 Å². The minimum Gasteiger partial charge on any atom is -0.467 e. The van der Waals surface area contributed by atoms with Crippen LogP contribution in [0.2, 0.25) is 0 Å². The number of hydrogen-bond donors (Lipinski definition) is 2. The van der Waals surface area contributed by atoms with Crippen LogP contribution < -0.4 is 10.9 Å². The summed E-state index contributed by atoms with van der Waals surface area (Å²) in [5, 5.41) is 0. The smallest absolute Gasteiger partial charge is 0.352 e. The van der Waals surface area contributed by atoms with Crippen molar-refractivity contribution in [3.05, 3.63) is 24.7 Å². The van der Waals surface area contributed by atoms with E-state index in [1.54, 1.807) is 0 Å². The molecular formula is C9H16N2O2. The maximum Gasteiger partial charge on any atom is 0.352 e. The van der Waals surface area contributed by atoms with Crippen LogP contribution in [0.1, 0.15) is 26.7 Å². The van der Waals surface area contributed by atoms with Crippen molar-refractivity contribution in [2.45, 2.75) is 26.7 Å². The molecule has 1 saturated heterocycles. The van der Waals surface area contributed by atoms with Gasteiger partial charge in [0.15, 0.2) is 0 Å². The SMILES string of the molecule is C=C(CC)OC(=C)CC.O=C1NN1. The average Bonchev–Trinajstić information content (AvgIpc) is 2.88. The molecule has 0 bridgehead atoms. The van der Waals surface area contributed by atoms with Gasteiger partial charge in [-0.05, 0) is 0 Å². The van der Waals surface area contributed by atoms with E-state index in [9.17, 15) is 4.79 Å². The zero-order valence-corrected chi connectivity index (χ0v) is 8.14. The second kappa shape index (κ2) is 6.11. The average molecular weight is 184 g/mol. The van der Waals surface area contributed by atoms with Gasteiger partial charge >= 0.3 is 6.03 Å². The van der Waals surface area contributed by atoms with Crippen LogP contribution in [0.25, 0.3) is 0 Å². The lowest BCUT2D eigenvalue weighted by Crippen LogP contribution is -1.86. The third-order valence-electron chi connectivity index (χ3n) is 1.30. The molecule has 0 aromatic carbocycles. The largest absolute Gasteiger partial charge is 0.467 e. The number of hydrogen-bond acceptors (Lipinski definition) is 2. The number of allylic oxidation sites excluding steroid dienone is 2. The van der Waals surface area contributed by atoms with Gasteiger partial charge in [-0.2, -0.15) is 0 Å². The summed E-state index contributed by atoms with van der Waals surface area (Å²) in [6, 6.07) is -0.0833. The second-order valence-corrected chi connectivity index (χ2v) is 2.47. The summed E-state index contributed by atoms with van der Waals surface area (Å²) < 4.78 is 5.16. The van der Waals surface area contributed by atoms with Crippen molar-refractivity contribution in [1.29, 1.82) is 0 Å². The molecule has 0 saturated carbocycles. The first kappa shape index (κ1) is 11.6. The normalized spacial score (nSPS) is 11.4. The van der Waals surface area contributed by atoms with Gasteiger partial charge in [-0.25, -0.2) is 15.6 Å². The number of carbonyl (C=O) groups excluding carboxylic acids is 1. The fourth-order valence-corrected chi connectivity index (χ4v) is 0.374. The van der Waals surface area contributed by atoms with Gasteiger partial charge in [0, 0.05) is 12.8 Å². The lowest BCUT2D eigenvalue weighted by molar-refractivity contribution is 0.266. The Labute approximate surface area is 78.6 Å². The van der Waals surface area contributed by atoms with E-state index in [0.717, 1.165) is 24.4 Å². The molecule has 0 radical (unpaired) electrons. The Balaban J connectivity index is 0.000000293. The molecule has 0 spiro atoms. The molecule has 13 heavy (non-hydrogen) atoms. The Hall–Kier alpha value is -1.45. The highest BCUT2D eigenvalue weighted by Crippen LogP contribution is 2.07. The highest BCUT2D eigenvalue weighted by molar-refractivity contribution is 5.85. The molecular weight excluding hydrogens is 168 g/mol. The molecule has 0 aliphatic carbocycles. The van der Waals surface area contributed by atoms with Crippen molar-refractivity contribution in [2.24, 2.45) is 0 Å². The Bertz CT molecular complexity index is 192. The summed E-state index contributed by atoms with van der Waals surface area (Å²) in [6.07, 6.45) is 1.72. The number of nitrogens with one attached hydrogen (secondary N) is 2. The number of hydrazine groups is 1.